The Kier molecular flexibility index (Phi) is 4.52. The van der Waals surface area contributed by atoms with Crippen LogP contribution in [0.4, 0.5) is 11.4 Å². The number of nitrogens with zero attached hydrogens (tertiary/aromatic N) is 4. The maximum Gasteiger partial charge on any atom is 0.336 e. The number of rotatable bonds is 4. The Morgan fingerprint density at radius 2 is 1.94 bits per heavy atom. The second-order valence-corrected chi connectivity index (χ2v) is 7.99. The van der Waals surface area contributed by atoms with Crippen LogP contribution >= 0.6 is 11.6 Å². The van der Waals surface area contributed by atoms with E-state index in [4.69, 9.17) is 16.7 Å². The van der Waals surface area contributed by atoms with Gasteiger partial charge in [-0.2, -0.15) is 5.10 Å². The first-order valence-electron chi connectivity index (χ1n) is 9.81. The molecule has 0 aliphatic heterocycles. The van der Waals surface area contributed by atoms with E-state index < -0.39 is 5.97 Å². The topological polar surface area (TPSA) is 71.2 Å². The molecule has 0 unspecified atom stereocenters. The Morgan fingerprint density at radius 3 is 2.68 bits per heavy atom. The number of aryl methyl sites for hydroxylation is 1. The Bertz CT molecular complexity index is 1370. The molecule has 0 radical (unpaired) electrons. The number of carboxylic acids is 1. The predicted molar refractivity (Wildman–Crippen MR) is 123 cm³/mol. The van der Waals surface area contributed by atoms with E-state index in [0.717, 1.165) is 39.1 Å². The van der Waals surface area contributed by atoms with Gasteiger partial charge in [0.15, 0.2) is 0 Å². The van der Waals surface area contributed by atoms with E-state index in [1.54, 1.807) is 12.3 Å². The average molecular weight is 431 g/mol. The molecule has 0 fully saturated rings. The summed E-state index contributed by atoms with van der Waals surface area (Å²) in [5.41, 5.74) is 6.58. The molecule has 0 atom stereocenters. The molecule has 0 saturated carbocycles. The van der Waals surface area contributed by atoms with Crippen LogP contribution in [0.15, 0.2) is 54.7 Å². The quantitative estimate of drug-likeness (QED) is 0.482. The first-order chi connectivity index (χ1) is 14.9. The Labute approximate surface area is 184 Å². The van der Waals surface area contributed by atoms with Crippen molar-refractivity contribution in [2.24, 2.45) is 7.05 Å². The molecule has 0 amide bonds. The zero-order chi connectivity index (χ0) is 21.7. The van der Waals surface area contributed by atoms with Crippen LogP contribution in [0.3, 0.4) is 0 Å². The van der Waals surface area contributed by atoms with Crippen LogP contribution in [0.25, 0.3) is 22.6 Å². The summed E-state index contributed by atoms with van der Waals surface area (Å²) in [7, 11) is 3.91. The van der Waals surface area contributed by atoms with E-state index in [9.17, 15) is 9.90 Å². The number of aromatic carboxylic acids is 1. The normalized spacial score (nSPS) is 12.7. The van der Waals surface area contributed by atoms with Crippen molar-refractivity contribution in [3.05, 3.63) is 82.3 Å². The van der Waals surface area contributed by atoms with Gasteiger partial charge >= 0.3 is 5.97 Å². The van der Waals surface area contributed by atoms with Gasteiger partial charge in [-0.15, -0.1) is 0 Å². The van der Waals surface area contributed by atoms with E-state index in [2.05, 4.69) is 9.88 Å². The zero-order valence-electron chi connectivity index (χ0n) is 17.0. The van der Waals surface area contributed by atoms with Gasteiger partial charge in [0.05, 0.1) is 22.6 Å². The molecule has 2 aromatic heterocycles. The molecule has 31 heavy (non-hydrogen) atoms. The summed E-state index contributed by atoms with van der Waals surface area (Å²) in [6.45, 7) is 0. The third-order valence-electron chi connectivity index (χ3n) is 5.72. The Morgan fingerprint density at radius 1 is 1.16 bits per heavy atom. The van der Waals surface area contributed by atoms with Crippen LogP contribution in [-0.4, -0.2) is 32.9 Å². The summed E-state index contributed by atoms with van der Waals surface area (Å²) in [6.07, 6.45) is 4.02. The van der Waals surface area contributed by atoms with Crippen LogP contribution in [-0.2, 0) is 13.5 Å². The van der Waals surface area contributed by atoms with E-state index >= 15 is 0 Å². The lowest BCUT2D eigenvalue weighted by molar-refractivity contribution is 0.0695. The molecule has 1 N–H and O–H groups in total. The first kappa shape index (κ1) is 19.3. The van der Waals surface area contributed by atoms with Gasteiger partial charge in [0, 0.05) is 42.8 Å². The average Bonchev–Trinajstić information content (AvgIpc) is 3.32. The summed E-state index contributed by atoms with van der Waals surface area (Å²) in [6, 6.07) is 15.3. The highest BCUT2D eigenvalue weighted by atomic mass is 35.5. The number of hydrogen-bond acceptors (Lipinski definition) is 4. The van der Waals surface area contributed by atoms with Crippen LogP contribution in [0.5, 0.6) is 0 Å². The minimum Gasteiger partial charge on any atom is -0.478 e. The van der Waals surface area contributed by atoms with Crippen LogP contribution in [0, 0.1) is 0 Å². The van der Waals surface area contributed by atoms with Crippen molar-refractivity contribution < 1.29 is 9.90 Å². The third kappa shape index (κ3) is 3.16. The molecule has 4 aromatic rings. The predicted octanol–water partition coefficient (Wildman–Crippen LogP) is 5.18. The van der Waals surface area contributed by atoms with Crippen LogP contribution in [0.2, 0.25) is 5.02 Å². The molecule has 1 aliphatic carbocycles. The minimum absolute atomic E-state index is 0.297. The van der Waals surface area contributed by atoms with Gasteiger partial charge in [-0.3, -0.25) is 9.67 Å². The second kappa shape index (κ2) is 7.25. The summed E-state index contributed by atoms with van der Waals surface area (Å²) in [5.74, 6) is -0.935. The monoisotopic (exact) mass is 430 g/mol. The van der Waals surface area contributed by atoms with Crippen molar-refractivity contribution in [1.82, 2.24) is 14.8 Å². The van der Waals surface area contributed by atoms with Crippen molar-refractivity contribution in [1.29, 1.82) is 0 Å². The standard InChI is InChI=1S/C24H19ClN4O2/c1-28(16-8-6-15(25)7-9-16)21-5-3-4-18-22(21)27-29(2)23(18)14-12-19-17(24(30)31)10-11-26-20(19)13-14/h3-11,13H,12H2,1-2H3,(H,30,31). The van der Waals surface area contributed by atoms with E-state index in [0.29, 0.717) is 22.7 Å². The lowest BCUT2D eigenvalue weighted by Gasteiger charge is -2.20. The molecule has 6 nitrogen and oxygen atoms in total. The molecule has 0 spiro atoms. The Balaban J connectivity index is 1.60. The van der Waals surface area contributed by atoms with Crippen molar-refractivity contribution in [3.8, 4) is 0 Å². The van der Waals surface area contributed by atoms with Gasteiger partial charge in [0.2, 0.25) is 0 Å². The number of benzene rings is 2. The van der Waals surface area contributed by atoms with Crippen LogP contribution < -0.4 is 4.90 Å². The van der Waals surface area contributed by atoms with Gasteiger partial charge in [-0.05, 0) is 53.6 Å². The molecule has 2 heterocycles. The molecule has 154 valence electrons. The van der Waals surface area contributed by atoms with Gasteiger partial charge in [-0.1, -0.05) is 23.7 Å². The maximum absolute atomic E-state index is 11.6. The maximum atomic E-state index is 11.6. The van der Waals surface area contributed by atoms with E-state index in [-0.39, 0.29) is 0 Å². The van der Waals surface area contributed by atoms with Gasteiger partial charge < -0.3 is 10.0 Å². The number of allylic oxidation sites excluding steroid dienone is 1. The molecule has 5 rings (SSSR count). The summed E-state index contributed by atoms with van der Waals surface area (Å²) >= 11 is 6.04. The lowest BCUT2D eigenvalue weighted by Crippen LogP contribution is -2.09. The molecule has 0 saturated heterocycles. The molecular formula is C24H19ClN4O2. The van der Waals surface area contributed by atoms with Gasteiger partial charge in [0.25, 0.3) is 0 Å². The molecule has 1 aliphatic rings. The number of halogens is 1. The van der Waals surface area contributed by atoms with Crippen molar-refractivity contribution in [3.63, 3.8) is 0 Å². The van der Waals surface area contributed by atoms with Gasteiger partial charge in [0.1, 0.15) is 5.52 Å². The van der Waals surface area contributed by atoms with Gasteiger partial charge in [-0.25, -0.2) is 4.79 Å². The summed E-state index contributed by atoms with van der Waals surface area (Å²) in [5, 5.41) is 16.0. The lowest BCUT2D eigenvalue weighted by atomic mass is 10.0. The molecule has 7 heteroatoms. The molecular weight excluding hydrogens is 412 g/mol. The number of aromatic nitrogens is 3. The van der Waals surface area contributed by atoms with Crippen molar-refractivity contribution in [2.75, 3.05) is 11.9 Å². The highest BCUT2D eigenvalue weighted by Gasteiger charge is 2.25. The van der Waals surface area contributed by atoms with Crippen molar-refractivity contribution in [2.45, 2.75) is 6.42 Å². The Hall–Kier alpha value is -3.64. The zero-order valence-corrected chi connectivity index (χ0v) is 17.8. The number of fused-ring (bicyclic) bond motifs is 2. The second-order valence-electron chi connectivity index (χ2n) is 7.55. The SMILES string of the molecule is CN(c1ccc(Cl)cc1)c1cccc2c(C3=Cc4nccc(C(=O)O)c4C3)n(C)nc12. The summed E-state index contributed by atoms with van der Waals surface area (Å²) in [4.78, 5) is 18.1. The number of carboxylic acid groups (broad SMARTS) is 1. The fraction of sp³-hybridized carbons (Fsp3) is 0.125. The highest BCUT2D eigenvalue weighted by molar-refractivity contribution is 6.30. The molecule has 0 bridgehead atoms. The fourth-order valence-corrected chi connectivity index (χ4v) is 4.36. The number of hydrogen-bond donors (Lipinski definition) is 1. The number of pyridine rings is 1. The first-order valence-corrected chi connectivity index (χ1v) is 10.2. The number of anilines is 2. The highest BCUT2D eigenvalue weighted by Crippen LogP contribution is 2.38. The summed E-state index contributed by atoms with van der Waals surface area (Å²) < 4.78 is 1.86. The van der Waals surface area contributed by atoms with Crippen LogP contribution in [0.1, 0.15) is 27.3 Å². The fourth-order valence-electron chi connectivity index (χ4n) is 4.23. The third-order valence-corrected chi connectivity index (χ3v) is 5.97. The number of carbonyl (C=O) groups is 1. The largest absolute Gasteiger partial charge is 0.478 e. The smallest absolute Gasteiger partial charge is 0.336 e. The van der Waals surface area contributed by atoms with Crippen molar-refractivity contribution >= 4 is 51.5 Å². The van der Waals surface area contributed by atoms with E-state index in [1.165, 1.54) is 0 Å². The minimum atomic E-state index is -0.935. The molecule has 2 aromatic carbocycles. The van der Waals surface area contributed by atoms with E-state index in [1.807, 2.05) is 67.3 Å².